The third-order valence-electron chi connectivity index (χ3n) is 2.82. The largest absolute Gasteiger partial charge is 0.256 e. The molecule has 4 heteroatoms. The third-order valence-corrected chi connectivity index (χ3v) is 5.54. The van der Waals surface area contributed by atoms with Crippen molar-refractivity contribution < 1.29 is 0 Å². The van der Waals surface area contributed by atoms with Gasteiger partial charge in [-0.2, -0.15) is 0 Å². The molecule has 0 aromatic carbocycles. The highest BCUT2D eigenvalue weighted by molar-refractivity contribution is 7.50. The Morgan fingerprint density at radius 2 is 1.09 bits per heavy atom. The van der Waals surface area contributed by atoms with Gasteiger partial charge in [0.25, 0.3) is 0 Å². The summed E-state index contributed by atoms with van der Waals surface area (Å²) in [5.74, 6) is 0. The molecule has 0 spiro atoms. The van der Waals surface area contributed by atoms with E-state index in [9.17, 15) is 0 Å². The average molecular weight is 171 g/mol. The van der Waals surface area contributed by atoms with Crippen molar-refractivity contribution in [3.8, 4) is 0 Å². The molecule has 3 nitrogen and oxygen atoms in total. The van der Waals surface area contributed by atoms with Crippen LogP contribution < -0.4 is 0 Å². The monoisotopic (exact) mass is 171 g/mol. The van der Waals surface area contributed by atoms with Gasteiger partial charge in [-0.05, 0) is 6.42 Å². The number of hydrogen-bond acceptors (Lipinski definition) is 3. The minimum absolute atomic E-state index is 0.0691. The average Bonchev–Trinajstić information content (AvgIpc) is 2.60. The first kappa shape index (κ1) is 6.79. The molecule has 0 atom stereocenters. The molecule has 62 valence electrons. The molecule has 0 N–H and O–H groups in total. The van der Waals surface area contributed by atoms with Crippen molar-refractivity contribution in [2.45, 2.75) is 6.42 Å². The predicted octanol–water partition coefficient (Wildman–Crippen LogP) is 0.550. The highest BCUT2D eigenvalue weighted by Crippen LogP contribution is 2.56. The number of hydrogen-bond donors (Lipinski definition) is 0. The first-order chi connectivity index (χ1) is 5.45. The summed E-state index contributed by atoms with van der Waals surface area (Å²) in [5.41, 5.74) is 0. The molecule has 3 fully saturated rings. The second-order valence-electron chi connectivity index (χ2n) is 3.48. The van der Waals surface area contributed by atoms with Crippen molar-refractivity contribution in [1.29, 1.82) is 0 Å². The van der Waals surface area contributed by atoms with E-state index in [2.05, 4.69) is 14.0 Å². The Hall–Kier alpha value is 0.310. The van der Waals surface area contributed by atoms with E-state index in [-0.39, 0.29) is 8.37 Å². The Morgan fingerprint density at radius 1 is 0.636 bits per heavy atom. The normalized spacial score (nSPS) is 34.9. The van der Waals surface area contributed by atoms with Crippen LogP contribution in [0.25, 0.3) is 0 Å². The van der Waals surface area contributed by atoms with Crippen molar-refractivity contribution in [3.05, 3.63) is 0 Å². The van der Waals surface area contributed by atoms with E-state index in [0.717, 1.165) is 0 Å². The first-order valence-electron chi connectivity index (χ1n) is 4.50. The molecule has 0 bridgehead atoms. The zero-order valence-corrected chi connectivity index (χ0v) is 7.63. The van der Waals surface area contributed by atoms with Crippen LogP contribution in [0.3, 0.4) is 0 Å². The molecule has 3 aliphatic heterocycles. The van der Waals surface area contributed by atoms with Crippen LogP contribution >= 0.6 is 8.37 Å². The van der Waals surface area contributed by atoms with Gasteiger partial charge in [0, 0.05) is 39.3 Å². The van der Waals surface area contributed by atoms with Crippen LogP contribution in [-0.4, -0.2) is 53.3 Å². The van der Waals surface area contributed by atoms with Gasteiger partial charge >= 0.3 is 0 Å². The lowest BCUT2D eigenvalue weighted by molar-refractivity contribution is 0.343. The summed E-state index contributed by atoms with van der Waals surface area (Å²) in [6.07, 6.45) is 1.40. The van der Waals surface area contributed by atoms with Crippen LogP contribution in [0.4, 0.5) is 0 Å². The fourth-order valence-electron chi connectivity index (χ4n) is 2.31. The molecule has 0 amide bonds. The molecule has 3 rings (SSSR count). The highest BCUT2D eigenvalue weighted by atomic mass is 31.2. The molecule has 0 aromatic heterocycles. The molecule has 3 saturated heterocycles. The van der Waals surface area contributed by atoms with Gasteiger partial charge < -0.3 is 0 Å². The minimum Gasteiger partial charge on any atom is -0.256 e. The lowest BCUT2D eigenvalue weighted by Crippen LogP contribution is -2.32. The first-order valence-corrected chi connectivity index (χ1v) is 5.70. The molecule has 0 aromatic rings. The number of rotatable bonds is 0. The summed E-state index contributed by atoms with van der Waals surface area (Å²) in [4.78, 5) is 0. The molecule has 11 heavy (non-hydrogen) atoms. The van der Waals surface area contributed by atoms with Gasteiger partial charge in [-0.25, -0.2) is 0 Å². The maximum Gasteiger partial charge on any atom is 0.120 e. The number of nitrogens with zero attached hydrogens (tertiary/aromatic N) is 3. The summed E-state index contributed by atoms with van der Waals surface area (Å²) < 4.78 is 8.05. The zero-order valence-electron chi connectivity index (χ0n) is 6.74. The molecule has 0 radical (unpaired) electrons. The van der Waals surface area contributed by atoms with Crippen molar-refractivity contribution in [1.82, 2.24) is 14.0 Å². The van der Waals surface area contributed by atoms with Gasteiger partial charge in [-0.3, -0.25) is 14.0 Å². The van der Waals surface area contributed by atoms with E-state index >= 15 is 0 Å². The van der Waals surface area contributed by atoms with Crippen LogP contribution in [0.5, 0.6) is 0 Å². The van der Waals surface area contributed by atoms with E-state index < -0.39 is 0 Å². The summed E-state index contributed by atoms with van der Waals surface area (Å²) in [6, 6.07) is 0. The van der Waals surface area contributed by atoms with Crippen molar-refractivity contribution in [3.63, 3.8) is 0 Å². The van der Waals surface area contributed by atoms with Gasteiger partial charge in [0.2, 0.25) is 0 Å². The third kappa shape index (κ3) is 0.888. The zero-order chi connectivity index (χ0) is 7.26. The van der Waals surface area contributed by atoms with Crippen LogP contribution in [0.15, 0.2) is 0 Å². The molecular weight excluding hydrogens is 157 g/mol. The van der Waals surface area contributed by atoms with Gasteiger partial charge in [0.1, 0.15) is 8.37 Å². The van der Waals surface area contributed by atoms with E-state index in [1.54, 1.807) is 0 Å². The lowest BCUT2D eigenvalue weighted by Gasteiger charge is -2.35. The summed E-state index contributed by atoms with van der Waals surface area (Å²) in [6.45, 7) is 8.06. The second kappa shape index (κ2) is 2.40. The predicted molar refractivity (Wildman–Crippen MR) is 46.3 cm³/mol. The van der Waals surface area contributed by atoms with Crippen LogP contribution in [0.2, 0.25) is 0 Å². The van der Waals surface area contributed by atoms with Gasteiger partial charge in [-0.15, -0.1) is 0 Å². The van der Waals surface area contributed by atoms with E-state index in [0.29, 0.717) is 0 Å². The van der Waals surface area contributed by atoms with Crippen LogP contribution in [0, 0.1) is 0 Å². The molecule has 0 aliphatic carbocycles. The molecule has 0 saturated carbocycles. The summed E-state index contributed by atoms with van der Waals surface area (Å²) in [7, 11) is 0.0691. The van der Waals surface area contributed by atoms with Crippen molar-refractivity contribution in [2.24, 2.45) is 0 Å². The van der Waals surface area contributed by atoms with E-state index in [1.165, 1.54) is 45.7 Å². The molecule has 3 aliphatic rings. The van der Waals surface area contributed by atoms with Gasteiger partial charge in [0.15, 0.2) is 0 Å². The van der Waals surface area contributed by atoms with E-state index in [4.69, 9.17) is 0 Å². The molecule has 0 unspecified atom stereocenters. The Morgan fingerprint density at radius 3 is 1.64 bits per heavy atom. The maximum atomic E-state index is 2.69. The summed E-state index contributed by atoms with van der Waals surface area (Å²) in [5, 5.41) is 0. The van der Waals surface area contributed by atoms with E-state index in [1.807, 2.05) is 0 Å². The Bertz CT molecular complexity index is 155. The summed E-state index contributed by atoms with van der Waals surface area (Å²) >= 11 is 0. The lowest BCUT2D eigenvalue weighted by atomic mass is 10.4. The van der Waals surface area contributed by atoms with Crippen molar-refractivity contribution >= 4 is 8.37 Å². The highest BCUT2D eigenvalue weighted by Gasteiger charge is 2.43. The standard InChI is InChI=1S/C7H14N3P/c1-2-8-4-6-10-7-5-9(3-1)11(8)10/h1-7H2. The SMILES string of the molecule is C1CN2CCN3CCN(C1)P23. The van der Waals surface area contributed by atoms with Crippen LogP contribution in [0.1, 0.15) is 6.42 Å². The Labute approximate surface area is 68.9 Å². The topological polar surface area (TPSA) is 9.72 Å². The fraction of sp³-hybridized carbons (Fsp3) is 1.00. The fourth-order valence-corrected chi connectivity index (χ4v) is 5.09. The minimum atomic E-state index is 0.0691. The van der Waals surface area contributed by atoms with Gasteiger partial charge in [0.05, 0.1) is 0 Å². The molecular formula is C7H14N3P. The van der Waals surface area contributed by atoms with Gasteiger partial charge in [-0.1, -0.05) is 0 Å². The Kier molecular flexibility index (Phi) is 1.48. The van der Waals surface area contributed by atoms with Crippen molar-refractivity contribution in [2.75, 3.05) is 39.3 Å². The smallest absolute Gasteiger partial charge is 0.120 e. The quantitative estimate of drug-likeness (QED) is 0.493. The second-order valence-corrected chi connectivity index (χ2v) is 5.72. The Balaban J connectivity index is 1.88. The molecule has 3 heterocycles. The maximum absolute atomic E-state index is 2.69. The van der Waals surface area contributed by atoms with Crippen LogP contribution in [-0.2, 0) is 0 Å².